The molecule has 180 valence electrons. The smallest absolute Gasteiger partial charge is 0.244 e. The van der Waals surface area contributed by atoms with Gasteiger partial charge >= 0.3 is 0 Å². The Kier molecular flexibility index (Phi) is 10.2. The lowest BCUT2D eigenvalue weighted by atomic mass is 10.1. The highest BCUT2D eigenvalue weighted by Crippen LogP contribution is 2.21. The number of carbonyl (C=O) groups excluding carboxylic acids is 2. The van der Waals surface area contributed by atoms with Gasteiger partial charge in [-0.2, -0.15) is 0 Å². The molecular weight excluding hydrogens is 621 g/mol. The average Bonchev–Trinajstić information content (AvgIpc) is 2.75. The van der Waals surface area contributed by atoms with Gasteiger partial charge < -0.3 is 10.2 Å². The molecule has 0 saturated heterocycles. The van der Waals surface area contributed by atoms with Crippen molar-refractivity contribution in [3.63, 3.8) is 0 Å². The Morgan fingerprint density at radius 1 is 1.12 bits per heavy atom. The van der Waals surface area contributed by atoms with Crippen LogP contribution in [0.15, 0.2) is 53.0 Å². The Bertz CT molecular complexity index is 1080. The fourth-order valence-corrected chi connectivity index (χ4v) is 4.76. The summed E-state index contributed by atoms with van der Waals surface area (Å²) in [6.45, 7) is 5.27. The Balaban J connectivity index is 2.37. The van der Waals surface area contributed by atoms with Gasteiger partial charge in [0.05, 0.1) is 11.9 Å². The van der Waals surface area contributed by atoms with Gasteiger partial charge in [0.2, 0.25) is 21.8 Å². The van der Waals surface area contributed by atoms with Crippen LogP contribution in [0.2, 0.25) is 0 Å². The fourth-order valence-electron chi connectivity index (χ4n) is 3.10. The number of carbonyl (C=O) groups is 2. The summed E-state index contributed by atoms with van der Waals surface area (Å²) in [6, 6.07) is 13.5. The first-order chi connectivity index (χ1) is 15.4. The van der Waals surface area contributed by atoms with E-state index in [4.69, 9.17) is 0 Å². The Hall–Kier alpha value is -1.66. The van der Waals surface area contributed by atoms with Crippen molar-refractivity contribution in [2.45, 2.75) is 45.8 Å². The predicted octanol–water partition coefficient (Wildman–Crippen LogP) is 4.15. The minimum Gasteiger partial charge on any atom is -0.352 e. The number of nitrogens with zero attached hydrogens (tertiary/aromatic N) is 2. The van der Waals surface area contributed by atoms with Crippen molar-refractivity contribution in [3.8, 4) is 0 Å². The number of anilines is 1. The molecule has 0 unspecified atom stereocenters. The number of amides is 2. The summed E-state index contributed by atoms with van der Waals surface area (Å²) in [7, 11) is -3.73. The fraction of sp³-hybridized carbons (Fsp3) is 0.391. The van der Waals surface area contributed by atoms with Crippen LogP contribution in [-0.2, 0) is 26.2 Å². The van der Waals surface area contributed by atoms with Gasteiger partial charge in [0, 0.05) is 20.6 Å². The second-order valence-corrected chi connectivity index (χ2v) is 12.0. The zero-order valence-electron chi connectivity index (χ0n) is 19.1. The molecule has 2 rings (SSSR count). The van der Waals surface area contributed by atoms with E-state index < -0.39 is 28.5 Å². The molecule has 0 saturated carbocycles. The molecule has 10 heteroatoms. The second-order valence-electron chi connectivity index (χ2n) is 7.89. The largest absolute Gasteiger partial charge is 0.352 e. The first-order valence-electron chi connectivity index (χ1n) is 10.5. The first kappa shape index (κ1) is 27.6. The molecule has 1 N–H and O–H groups in total. The SMILES string of the molecule is CC[C@@H](C)NC(=O)[C@@H](C)N(Cc1cccc(Br)c1)C(=O)CN(c1ccc(I)cc1)S(C)(=O)=O. The van der Waals surface area contributed by atoms with Gasteiger partial charge in [-0.15, -0.1) is 0 Å². The Labute approximate surface area is 218 Å². The molecule has 0 aliphatic rings. The normalized spacial score (nSPS) is 13.2. The molecule has 0 fully saturated rings. The molecule has 33 heavy (non-hydrogen) atoms. The van der Waals surface area contributed by atoms with E-state index in [0.717, 1.165) is 30.6 Å². The van der Waals surface area contributed by atoms with Crippen molar-refractivity contribution in [3.05, 3.63) is 62.1 Å². The minimum atomic E-state index is -3.73. The van der Waals surface area contributed by atoms with Crippen molar-refractivity contribution in [1.82, 2.24) is 10.2 Å². The number of benzene rings is 2. The average molecular weight is 650 g/mol. The molecule has 2 aromatic carbocycles. The standard InChI is InChI=1S/C23H29BrIN3O4S/c1-5-16(2)26-23(30)17(3)27(14-18-7-6-8-19(24)13-18)22(29)15-28(33(4,31)32)21-11-9-20(25)10-12-21/h6-13,16-17H,5,14-15H2,1-4H3,(H,26,30)/t16-,17-/m1/s1. The maximum absolute atomic E-state index is 13.5. The molecule has 0 heterocycles. The molecule has 0 aliphatic heterocycles. The molecule has 2 atom stereocenters. The van der Waals surface area contributed by atoms with Crippen LogP contribution in [0.25, 0.3) is 0 Å². The monoisotopic (exact) mass is 649 g/mol. The lowest BCUT2D eigenvalue weighted by Crippen LogP contribution is -2.52. The molecule has 0 aromatic heterocycles. The summed E-state index contributed by atoms with van der Waals surface area (Å²) in [6.07, 6.45) is 1.82. The maximum Gasteiger partial charge on any atom is 0.244 e. The summed E-state index contributed by atoms with van der Waals surface area (Å²) in [4.78, 5) is 27.7. The Morgan fingerprint density at radius 3 is 2.30 bits per heavy atom. The van der Waals surface area contributed by atoms with Crippen molar-refractivity contribution >= 4 is 66.0 Å². The van der Waals surface area contributed by atoms with Crippen molar-refractivity contribution < 1.29 is 18.0 Å². The highest BCUT2D eigenvalue weighted by Gasteiger charge is 2.30. The van der Waals surface area contributed by atoms with Gasteiger partial charge in [0.15, 0.2) is 0 Å². The highest BCUT2D eigenvalue weighted by molar-refractivity contribution is 14.1. The maximum atomic E-state index is 13.5. The van der Waals surface area contributed by atoms with Crippen LogP contribution >= 0.6 is 38.5 Å². The molecule has 0 spiro atoms. The number of sulfonamides is 1. The van der Waals surface area contributed by atoms with Gasteiger partial charge in [0.25, 0.3) is 0 Å². The second kappa shape index (κ2) is 12.2. The third kappa shape index (κ3) is 8.25. The van der Waals surface area contributed by atoms with E-state index in [1.54, 1.807) is 31.2 Å². The summed E-state index contributed by atoms with van der Waals surface area (Å²) in [5, 5.41) is 2.91. The van der Waals surface area contributed by atoms with E-state index in [0.29, 0.717) is 5.69 Å². The number of halogens is 2. The zero-order chi connectivity index (χ0) is 24.8. The van der Waals surface area contributed by atoms with E-state index in [1.165, 1.54) is 4.90 Å². The van der Waals surface area contributed by atoms with Crippen LogP contribution in [-0.4, -0.2) is 50.0 Å². The lowest BCUT2D eigenvalue weighted by Gasteiger charge is -2.32. The molecule has 0 aliphatic carbocycles. The van der Waals surface area contributed by atoms with Crippen molar-refractivity contribution in [1.29, 1.82) is 0 Å². The number of hydrogen-bond acceptors (Lipinski definition) is 4. The summed E-state index contributed by atoms with van der Waals surface area (Å²) < 4.78 is 27.9. The van der Waals surface area contributed by atoms with Crippen molar-refractivity contribution in [2.24, 2.45) is 0 Å². The third-order valence-corrected chi connectivity index (χ3v) is 7.56. The summed E-state index contributed by atoms with van der Waals surface area (Å²) in [5.41, 5.74) is 1.21. The zero-order valence-corrected chi connectivity index (χ0v) is 23.6. The van der Waals surface area contributed by atoms with Gasteiger partial charge in [-0.1, -0.05) is 35.0 Å². The van der Waals surface area contributed by atoms with Crippen LogP contribution in [0.1, 0.15) is 32.8 Å². The van der Waals surface area contributed by atoms with Crippen LogP contribution in [0.4, 0.5) is 5.69 Å². The first-order valence-corrected chi connectivity index (χ1v) is 14.2. The topological polar surface area (TPSA) is 86.8 Å². The Morgan fingerprint density at radius 2 is 1.76 bits per heavy atom. The van der Waals surface area contributed by atoms with Crippen LogP contribution < -0.4 is 9.62 Å². The minimum absolute atomic E-state index is 0.0397. The molecule has 0 bridgehead atoms. The van der Waals surface area contributed by atoms with E-state index in [-0.39, 0.29) is 18.5 Å². The van der Waals surface area contributed by atoms with E-state index in [9.17, 15) is 18.0 Å². The van der Waals surface area contributed by atoms with Gasteiger partial charge in [-0.25, -0.2) is 8.42 Å². The highest BCUT2D eigenvalue weighted by atomic mass is 127. The molecule has 0 radical (unpaired) electrons. The third-order valence-electron chi connectivity index (χ3n) is 5.20. The molecule has 2 amide bonds. The quantitative estimate of drug-likeness (QED) is 0.392. The van der Waals surface area contributed by atoms with Gasteiger partial charge in [-0.05, 0) is 84.8 Å². The van der Waals surface area contributed by atoms with Crippen LogP contribution in [0.3, 0.4) is 0 Å². The predicted molar refractivity (Wildman–Crippen MR) is 143 cm³/mol. The van der Waals surface area contributed by atoms with E-state index in [2.05, 4.69) is 43.8 Å². The summed E-state index contributed by atoms with van der Waals surface area (Å²) in [5.74, 6) is -0.751. The number of nitrogens with one attached hydrogen (secondary N) is 1. The van der Waals surface area contributed by atoms with Gasteiger partial charge in [-0.3, -0.25) is 13.9 Å². The van der Waals surface area contributed by atoms with Crippen LogP contribution in [0.5, 0.6) is 0 Å². The molecule has 7 nitrogen and oxygen atoms in total. The van der Waals surface area contributed by atoms with Gasteiger partial charge in [0.1, 0.15) is 12.6 Å². The molecular formula is C23H29BrIN3O4S. The van der Waals surface area contributed by atoms with Crippen LogP contribution in [0, 0.1) is 3.57 Å². The van der Waals surface area contributed by atoms with E-state index in [1.807, 2.05) is 38.1 Å². The number of rotatable bonds is 10. The summed E-state index contributed by atoms with van der Waals surface area (Å²) >= 11 is 5.56. The van der Waals surface area contributed by atoms with Crippen molar-refractivity contribution in [2.75, 3.05) is 17.1 Å². The van der Waals surface area contributed by atoms with E-state index >= 15 is 0 Å². The molecule has 2 aromatic rings. The number of hydrogen-bond donors (Lipinski definition) is 1. The lowest BCUT2D eigenvalue weighted by molar-refractivity contribution is -0.139.